The minimum atomic E-state index is -2.65. The summed E-state index contributed by atoms with van der Waals surface area (Å²) in [6.45, 7) is 0. The minimum absolute atomic E-state index is 0.00966. The second kappa shape index (κ2) is 5.45. The Morgan fingerprint density at radius 2 is 2.11 bits per heavy atom. The SMILES string of the molecule is COc1nc2cc(Cl)cc(Cl)c2cc1C[PH](=O)O. The number of aromatic nitrogens is 1. The van der Waals surface area contributed by atoms with E-state index in [1.807, 2.05) is 0 Å². The smallest absolute Gasteiger partial charge is 0.217 e. The molecule has 18 heavy (non-hydrogen) atoms. The van der Waals surface area contributed by atoms with Crippen LogP contribution < -0.4 is 4.74 Å². The molecule has 0 saturated carbocycles. The van der Waals surface area contributed by atoms with Gasteiger partial charge < -0.3 is 9.63 Å². The van der Waals surface area contributed by atoms with Crippen LogP contribution in [0.5, 0.6) is 5.88 Å². The molecule has 1 aromatic carbocycles. The molecule has 4 nitrogen and oxygen atoms in total. The van der Waals surface area contributed by atoms with Gasteiger partial charge in [-0.1, -0.05) is 23.2 Å². The highest BCUT2D eigenvalue weighted by atomic mass is 35.5. The van der Waals surface area contributed by atoms with E-state index in [0.29, 0.717) is 32.4 Å². The van der Waals surface area contributed by atoms with Gasteiger partial charge in [0.15, 0.2) is 8.03 Å². The molecule has 7 heteroatoms. The first-order chi connectivity index (χ1) is 8.51. The van der Waals surface area contributed by atoms with Crippen molar-refractivity contribution in [3.8, 4) is 5.88 Å². The molecule has 0 bridgehead atoms. The number of rotatable bonds is 3. The molecule has 1 atom stereocenters. The summed E-state index contributed by atoms with van der Waals surface area (Å²) < 4.78 is 16.1. The van der Waals surface area contributed by atoms with Crippen LogP contribution in [0.15, 0.2) is 18.2 Å². The summed E-state index contributed by atoms with van der Waals surface area (Å²) in [5, 5.41) is 1.61. The molecule has 0 radical (unpaired) electrons. The largest absolute Gasteiger partial charge is 0.481 e. The predicted octanol–water partition coefficient (Wildman–Crippen LogP) is 3.52. The average Bonchev–Trinajstić information content (AvgIpc) is 2.28. The van der Waals surface area contributed by atoms with Gasteiger partial charge in [0.1, 0.15) is 0 Å². The first-order valence-corrected chi connectivity index (χ1v) is 7.37. The topological polar surface area (TPSA) is 59.4 Å². The number of methoxy groups -OCH3 is 1. The van der Waals surface area contributed by atoms with Crippen LogP contribution in [-0.4, -0.2) is 17.0 Å². The van der Waals surface area contributed by atoms with Crippen molar-refractivity contribution in [2.45, 2.75) is 6.16 Å². The van der Waals surface area contributed by atoms with Crippen LogP contribution in [0.25, 0.3) is 10.9 Å². The Kier molecular flexibility index (Phi) is 4.13. The van der Waals surface area contributed by atoms with E-state index in [-0.39, 0.29) is 6.16 Å². The van der Waals surface area contributed by atoms with E-state index in [1.54, 1.807) is 18.2 Å². The Morgan fingerprint density at radius 1 is 1.39 bits per heavy atom. The molecular formula is C11H10Cl2NO3P. The second-order valence-electron chi connectivity index (χ2n) is 3.68. The summed E-state index contributed by atoms with van der Waals surface area (Å²) in [6, 6.07) is 4.97. The van der Waals surface area contributed by atoms with Gasteiger partial charge in [-0.3, -0.25) is 4.57 Å². The lowest BCUT2D eigenvalue weighted by molar-refractivity contribution is 0.395. The van der Waals surface area contributed by atoms with Crippen molar-refractivity contribution in [3.05, 3.63) is 33.8 Å². The van der Waals surface area contributed by atoms with Gasteiger partial charge in [-0.2, -0.15) is 0 Å². The zero-order valence-corrected chi connectivity index (χ0v) is 11.9. The Balaban J connectivity index is 2.68. The van der Waals surface area contributed by atoms with Crippen LogP contribution in [0.1, 0.15) is 5.56 Å². The molecule has 2 rings (SSSR count). The molecule has 0 spiro atoms. The molecule has 96 valence electrons. The van der Waals surface area contributed by atoms with E-state index in [1.165, 1.54) is 7.11 Å². The molecule has 0 aliphatic rings. The fourth-order valence-corrected chi connectivity index (χ4v) is 2.81. The zero-order chi connectivity index (χ0) is 13.3. The van der Waals surface area contributed by atoms with Crippen molar-refractivity contribution < 1.29 is 14.2 Å². The quantitative estimate of drug-likeness (QED) is 0.882. The second-order valence-corrected chi connectivity index (χ2v) is 5.67. The normalized spacial score (nSPS) is 12.7. The molecule has 0 fully saturated rings. The van der Waals surface area contributed by atoms with Gasteiger partial charge in [0, 0.05) is 16.0 Å². The molecule has 1 N–H and O–H groups in total. The molecule has 1 heterocycles. The number of fused-ring (bicyclic) bond motifs is 1. The van der Waals surface area contributed by atoms with Gasteiger partial charge >= 0.3 is 0 Å². The van der Waals surface area contributed by atoms with Gasteiger partial charge in [0.25, 0.3) is 0 Å². The van der Waals surface area contributed by atoms with Crippen LogP contribution >= 0.6 is 31.2 Å². The fourth-order valence-electron chi connectivity index (χ4n) is 1.69. The molecule has 0 amide bonds. The first kappa shape index (κ1) is 13.6. The van der Waals surface area contributed by atoms with E-state index in [0.717, 1.165) is 0 Å². The third-order valence-corrected chi connectivity index (χ3v) is 3.64. The molecule has 2 aromatic rings. The minimum Gasteiger partial charge on any atom is -0.481 e. The van der Waals surface area contributed by atoms with Crippen LogP contribution in [0.4, 0.5) is 0 Å². The predicted molar refractivity (Wildman–Crippen MR) is 73.2 cm³/mol. The summed E-state index contributed by atoms with van der Waals surface area (Å²) in [4.78, 5) is 13.3. The number of halogens is 2. The van der Waals surface area contributed by atoms with Gasteiger partial charge in [-0.25, -0.2) is 4.98 Å². The Bertz CT molecular complexity index is 633. The highest BCUT2D eigenvalue weighted by molar-refractivity contribution is 7.37. The van der Waals surface area contributed by atoms with Gasteiger partial charge in [-0.15, -0.1) is 0 Å². The van der Waals surface area contributed by atoms with E-state index < -0.39 is 8.03 Å². The number of hydrogen-bond acceptors (Lipinski definition) is 3. The third-order valence-electron chi connectivity index (χ3n) is 2.42. The zero-order valence-electron chi connectivity index (χ0n) is 9.41. The van der Waals surface area contributed by atoms with Crippen molar-refractivity contribution >= 4 is 42.1 Å². The highest BCUT2D eigenvalue weighted by Crippen LogP contribution is 2.33. The van der Waals surface area contributed by atoms with Crippen molar-refractivity contribution in [3.63, 3.8) is 0 Å². The van der Waals surface area contributed by atoms with E-state index in [9.17, 15) is 4.57 Å². The molecule has 1 unspecified atom stereocenters. The number of benzene rings is 1. The summed E-state index contributed by atoms with van der Waals surface area (Å²) in [6.07, 6.45) is 0.00966. The molecular weight excluding hydrogens is 296 g/mol. The number of hydrogen-bond donors (Lipinski definition) is 1. The highest BCUT2D eigenvalue weighted by Gasteiger charge is 2.12. The van der Waals surface area contributed by atoms with Crippen LogP contribution in [0.3, 0.4) is 0 Å². The van der Waals surface area contributed by atoms with E-state index in [2.05, 4.69) is 4.98 Å². The lowest BCUT2D eigenvalue weighted by Gasteiger charge is -2.09. The third kappa shape index (κ3) is 2.78. The maximum Gasteiger partial charge on any atom is 0.217 e. The van der Waals surface area contributed by atoms with Gasteiger partial charge in [0.2, 0.25) is 5.88 Å². The lowest BCUT2D eigenvalue weighted by Crippen LogP contribution is -1.95. The number of pyridine rings is 1. The summed E-state index contributed by atoms with van der Waals surface area (Å²) in [5.41, 5.74) is 1.14. The van der Waals surface area contributed by atoms with Crippen LogP contribution in [-0.2, 0) is 10.7 Å². The van der Waals surface area contributed by atoms with Crippen LogP contribution in [0.2, 0.25) is 10.0 Å². The maximum atomic E-state index is 11.0. The Hall–Kier alpha value is -0.800. The standard InChI is InChI=1S/C11H10Cl2NO3P/c1-17-11-6(5-18(15)16)2-8-9(13)3-7(12)4-10(8)14-11/h2-4,18H,5H2,1H3,(H,15,16). The Morgan fingerprint density at radius 3 is 2.72 bits per heavy atom. The maximum absolute atomic E-state index is 11.0. The van der Waals surface area contributed by atoms with Crippen molar-refractivity contribution in [2.24, 2.45) is 0 Å². The van der Waals surface area contributed by atoms with E-state index in [4.69, 9.17) is 32.8 Å². The Labute approximate surface area is 114 Å². The molecule has 1 aromatic heterocycles. The molecule has 0 aliphatic carbocycles. The molecule has 0 aliphatic heterocycles. The monoisotopic (exact) mass is 305 g/mol. The summed E-state index contributed by atoms with van der Waals surface area (Å²) in [5.74, 6) is 0.313. The summed E-state index contributed by atoms with van der Waals surface area (Å²) >= 11 is 12.0. The van der Waals surface area contributed by atoms with Crippen molar-refractivity contribution in [2.75, 3.05) is 7.11 Å². The fraction of sp³-hybridized carbons (Fsp3) is 0.182. The van der Waals surface area contributed by atoms with Gasteiger partial charge in [0.05, 0.1) is 23.8 Å². The summed E-state index contributed by atoms with van der Waals surface area (Å²) in [7, 11) is -1.19. The van der Waals surface area contributed by atoms with Gasteiger partial charge in [-0.05, 0) is 18.2 Å². The molecule has 0 saturated heterocycles. The average molecular weight is 306 g/mol. The van der Waals surface area contributed by atoms with Crippen molar-refractivity contribution in [1.29, 1.82) is 0 Å². The number of nitrogens with zero attached hydrogens (tertiary/aromatic N) is 1. The van der Waals surface area contributed by atoms with Crippen molar-refractivity contribution in [1.82, 2.24) is 4.98 Å². The lowest BCUT2D eigenvalue weighted by atomic mass is 10.1. The van der Waals surface area contributed by atoms with E-state index >= 15 is 0 Å². The first-order valence-electron chi connectivity index (χ1n) is 5.05. The number of ether oxygens (including phenoxy) is 1. The van der Waals surface area contributed by atoms with Crippen LogP contribution in [0, 0.1) is 0 Å².